The zero-order valence-corrected chi connectivity index (χ0v) is 13.6. The maximum absolute atomic E-state index is 11.8. The van der Waals surface area contributed by atoms with Gasteiger partial charge in [0.15, 0.2) is 6.61 Å². The van der Waals surface area contributed by atoms with Crippen molar-refractivity contribution in [2.24, 2.45) is 0 Å². The van der Waals surface area contributed by atoms with Crippen LogP contribution in [0.4, 0.5) is 0 Å². The number of hydrogen-bond acceptors (Lipinski definition) is 4. The fraction of sp³-hybridized carbons (Fsp3) is 0.562. The minimum atomic E-state index is -0.960. The number of carbonyl (C=O) groups excluding carboxylic acids is 1. The lowest BCUT2D eigenvalue weighted by Gasteiger charge is -2.27. The van der Waals surface area contributed by atoms with Crippen LogP contribution in [0.1, 0.15) is 18.1 Å². The summed E-state index contributed by atoms with van der Waals surface area (Å²) in [5, 5.41) is 12.8. The Morgan fingerprint density at radius 3 is 2.67 bits per heavy atom. The lowest BCUT2D eigenvalue weighted by molar-refractivity contribution is -0.124. The van der Waals surface area contributed by atoms with Gasteiger partial charge in [0.25, 0.3) is 5.91 Å². The number of benzene rings is 1. The Kier molecular flexibility index (Phi) is 6.18. The molecule has 0 aliphatic heterocycles. The quantitative estimate of drug-likeness (QED) is 0.791. The molecule has 1 aromatic carbocycles. The summed E-state index contributed by atoms with van der Waals surface area (Å²) < 4.78 is 5.52. The third-order valence-corrected chi connectivity index (χ3v) is 3.24. The van der Waals surface area contributed by atoms with Gasteiger partial charge in [0.05, 0.1) is 5.60 Å². The molecule has 0 aromatic heterocycles. The number of ether oxygens (including phenoxy) is 1. The number of carbonyl (C=O) groups is 1. The number of amides is 1. The van der Waals surface area contributed by atoms with Gasteiger partial charge in [-0.25, -0.2) is 0 Å². The zero-order chi connectivity index (χ0) is 16.0. The van der Waals surface area contributed by atoms with E-state index in [-0.39, 0.29) is 19.1 Å². The van der Waals surface area contributed by atoms with Crippen molar-refractivity contribution in [1.29, 1.82) is 0 Å². The Balaban J connectivity index is 2.43. The van der Waals surface area contributed by atoms with E-state index in [9.17, 15) is 9.90 Å². The van der Waals surface area contributed by atoms with E-state index in [0.29, 0.717) is 12.3 Å². The van der Waals surface area contributed by atoms with Crippen LogP contribution >= 0.6 is 0 Å². The minimum absolute atomic E-state index is 0.0532. The van der Waals surface area contributed by atoms with E-state index in [1.165, 1.54) is 0 Å². The molecule has 5 heteroatoms. The average Bonchev–Trinajstić information content (AvgIpc) is 2.37. The van der Waals surface area contributed by atoms with E-state index < -0.39 is 5.60 Å². The third kappa shape index (κ3) is 6.14. The highest BCUT2D eigenvalue weighted by molar-refractivity contribution is 5.77. The minimum Gasteiger partial charge on any atom is -0.483 e. The molecule has 0 saturated carbocycles. The molecule has 5 nitrogen and oxygen atoms in total. The van der Waals surface area contributed by atoms with Gasteiger partial charge in [-0.3, -0.25) is 4.79 Å². The Bertz CT molecular complexity index is 484. The first kappa shape index (κ1) is 17.5. The highest BCUT2D eigenvalue weighted by atomic mass is 16.5. The summed E-state index contributed by atoms with van der Waals surface area (Å²) in [5.41, 5.74) is 1.20. The topological polar surface area (TPSA) is 61.8 Å². The Hall–Kier alpha value is -1.59. The molecule has 0 heterocycles. The standard InChI is InChI=1S/C16H26N2O3/c1-12-7-6-8-14(13(12)2)21-9-15(19)17-10-16(3,20)11-18(4)5/h6-8,20H,9-11H2,1-5H3,(H,17,19). The molecule has 1 unspecified atom stereocenters. The van der Waals surface area contributed by atoms with Gasteiger partial charge in [-0.1, -0.05) is 12.1 Å². The largest absolute Gasteiger partial charge is 0.483 e. The summed E-state index contributed by atoms with van der Waals surface area (Å²) in [5.74, 6) is 0.472. The summed E-state index contributed by atoms with van der Waals surface area (Å²) in [6.45, 7) is 6.28. The molecule has 0 fully saturated rings. The van der Waals surface area contributed by atoms with Crippen molar-refractivity contribution in [3.05, 3.63) is 29.3 Å². The SMILES string of the molecule is Cc1cccc(OCC(=O)NCC(C)(O)CN(C)C)c1C. The van der Waals surface area contributed by atoms with Crippen molar-refractivity contribution in [3.8, 4) is 5.75 Å². The summed E-state index contributed by atoms with van der Waals surface area (Å²) in [7, 11) is 3.75. The molecule has 2 N–H and O–H groups in total. The first-order valence-electron chi connectivity index (χ1n) is 7.04. The Morgan fingerprint density at radius 1 is 1.38 bits per heavy atom. The molecule has 0 saturated heterocycles. The van der Waals surface area contributed by atoms with Crippen molar-refractivity contribution in [1.82, 2.24) is 10.2 Å². The highest BCUT2D eigenvalue weighted by Crippen LogP contribution is 2.20. The highest BCUT2D eigenvalue weighted by Gasteiger charge is 2.22. The van der Waals surface area contributed by atoms with E-state index >= 15 is 0 Å². The van der Waals surface area contributed by atoms with Crippen LogP contribution in [0.3, 0.4) is 0 Å². The summed E-state index contributed by atoms with van der Waals surface area (Å²) in [6, 6.07) is 5.75. The van der Waals surface area contributed by atoms with Crippen LogP contribution < -0.4 is 10.1 Å². The second-order valence-electron chi connectivity index (χ2n) is 6.00. The zero-order valence-electron chi connectivity index (χ0n) is 13.6. The van der Waals surface area contributed by atoms with Gasteiger partial charge < -0.3 is 20.1 Å². The lowest BCUT2D eigenvalue weighted by atomic mass is 10.1. The summed E-state index contributed by atoms with van der Waals surface area (Å²) in [4.78, 5) is 13.7. The van der Waals surface area contributed by atoms with Crippen LogP contribution in [0, 0.1) is 13.8 Å². The van der Waals surface area contributed by atoms with Crippen LogP contribution in [0.15, 0.2) is 18.2 Å². The number of nitrogens with zero attached hydrogens (tertiary/aromatic N) is 1. The molecule has 0 spiro atoms. The predicted molar refractivity (Wildman–Crippen MR) is 83.6 cm³/mol. The van der Waals surface area contributed by atoms with Crippen molar-refractivity contribution in [3.63, 3.8) is 0 Å². The third-order valence-electron chi connectivity index (χ3n) is 3.24. The first-order chi connectivity index (χ1) is 9.71. The number of rotatable bonds is 7. The monoisotopic (exact) mass is 294 g/mol. The maximum Gasteiger partial charge on any atom is 0.258 e. The average molecular weight is 294 g/mol. The maximum atomic E-state index is 11.8. The van der Waals surface area contributed by atoms with Gasteiger partial charge in [-0.2, -0.15) is 0 Å². The lowest BCUT2D eigenvalue weighted by Crippen LogP contribution is -2.47. The molecule has 1 aromatic rings. The van der Waals surface area contributed by atoms with E-state index in [1.807, 2.05) is 51.0 Å². The van der Waals surface area contributed by atoms with E-state index in [4.69, 9.17) is 4.74 Å². The fourth-order valence-electron chi connectivity index (χ4n) is 2.10. The summed E-state index contributed by atoms with van der Waals surface area (Å²) >= 11 is 0. The van der Waals surface area contributed by atoms with Gasteiger partial charge in [-0.15, -0.1) is 0 Å². The molecule has 1 amide bonds. The van der Waals surface area contributed by atoms with E-state index in [1.54, 1.807) is 6.92 Å². The van der Waals surface area contributed by atoms with Crippen LogP contribution in [0.2, 0.25) is 0 Å². The second kappa shape index (κ2) is 7.43. The van der Waals surface area contributed by atoms with Gasteiger partial charge in [0.2, 0.25) is 0 Å². The van der Waals surface area contributed by atoms with Crippen LogP contribution in [0.5, 0.6) is 5.75 Å². The number of hydrogen-bond donors (Lipinski definition) is 2. The number of aryl methyl sites for hydroxylation is 1. The van der Waals surface area contributed by atoms with Crippen molar-refractivity contribution < 1.29 is 14.6 Å². The van der Waals surface area contributed by atoms with Gasteiger partial charge >= 0.3 is 0 Å². The van der Waals surface area contributed by atoms with Crippen LogP contribution in [0.25, 0.3) is 0 Å². The number of likely N-dealkylation sites (N-methyl/N-ethyl adjacent to an activating group) is 1. The van der Waals surface area contributed by atoms with E-state index in [0.717, 1.165) is 11.1 Å². The van der Waals surface area contributed by atoms with Crippen molar-refractivity contribution in [2.45, 2.75) is 26.4 Å². The smallest absolute Gasteiger partial charge is 0.258 e. The molecule has 0 aliphatic carbocycles. The molecule has 0 aliphatic rings. The Morgan fingerprint density at radius 2 is 2.05 bits per heavy atom. The molecular formula is C16H26N2O3. The molecule has 1 atom stereocenters. The normalized spacial score (nSPS) is 13.9. The van der Waals surface area contributed by atoms with Crippen LogP contribution in [-0.2, 0) is 4.79 Å². The molecule has 0 bridgehead atoms. The van der Waals surface area contributed by atoms with Crippen molar-refractivity contribution >= 4 is 5.91 Å². The first-order valence-corrected chi connectivity index (χ1v) is 7.04. The number of aliphatic hydroxyl groups is 1. The molecule has 118 valence electrons. The molecule has 0 radical (unpaired) electrons. The summed E-state index contributed by atoms with van der Waals surface area (Å²) in [6.07, 6.45) is 0. The van der Waals surface area contributed by atoms with E-state index in [2.05, 4.69) is 5.32 Å². The van der Waals surface area contributed by atoms with Gasteiger partial charge in [0, 0.05) is 13.1 Å². The van der Waals surface area contributed by atoms with Gasteiger partial charge in [0.1, 0.15) is 5.75 Å². The van der Waals surface area contributed by atoms with Crippen molar-refractivity contribution in [2.75, 3.05) is 33.8 Å². The van der Waals surface area contributed by atoms with Crippen LogP contribution in [-0.4, -0.2) is 55.3 Å². The Labute approximate surface area is 126 Å². The number of nitrogens with one attached hydrogen (secondary N) is 1. The molecule has 1 rings (SSSR count). The van der Waals surface area contributed by atoms with Gasteiger partial charge in [-0.05, 0) is 52.1 Å². The molecular weight excluding hydrogens is 268 g/mol. The fourth-order valence-corrected chi connectivity index (χ4v) is 2.10. The second-order valence-corrected chi connectivity index (χ2v) is 6.00. The molecule has 21 heavy (non-hydrogen) atoms. The predicted octanol–water partition coefficient (Wildman–Crippen LogP) is 1.11.